The number of nitrogens with zero attached hydrogens (tertiary/aromatic N) is 3. The number of carboxylic acid groups (broad SMARTS) is 1. The second kappa shape index (κ2) is 6.26. The van der Waals surface area contributed by atoms with Gasteiger partial charge in [0.25, 0.3) is 0 Å². The van der Waals surface area contributed by atoms with Gasteiger partial charge in [-0.1, -0.05) is 0 Å². The molecule has 2 rings (SSSR count). The lowest BCUT2D eigenvalue weighted by atomic mass is 10.2. The molecule has 2 aromatic heterocycles. The van der Waals surface area contributed by atoms with Crippen molar-refractivity contribution < 1.29 is 23.8 Å². The van der Waals surface area contributed by atoms with Gasteiger partial charge in [0.05, 0.1) is 5.69 Å². The number of ether oxygens (including phenoxy) is 1. The van der Waals surface area contributed by atoms with Crippen LogP contribution in [0.2, 0.25) is 0 Å². The first-order valence-electron chi connectivity index (χ1n) is 7.03. The Morgan fingerprint density at radius 3 is 2.58 bits per heavy atom. The van der Waals surface area contributed by atoms with Gasteiger partial charge in [-0.05, 0) is 33.8 Å². The Bertz CT molecular complexity index is 795. The van der Waals surface area contributed by atoms with E-state index >= 15 is 0 Å². The molecular weight excluding hydrogens is 319 g/mol. The summed E-state index contributed by atoms with van der Waals surface area (Å²) in [5.74, 6) is -2.32. The quantitative estimate of drug-likeness (QED) is 0.892. The van der Waals surface area contributed by atoms with Gasteiger partial charge >= 0.3 is 12.1 Å². The van der Waals surface area contributed by atoms with E-state index in [0.717, 1.165) is 4.68 Å². The molecule has 128 valence electrons. The molecule has 9 heteroatoms. The number of nitrogens with one attached hydrogen (secondary N) is 1. The SMILES string of the molecule is Cc1cn(-c2nccc(NC(=O)OC(C)(C)C)c2F)nc1C(=O)O. The number of pyridine rings is 1. The summed E-state index contributed by atoms with van der Waals surface area (Å²) in [7, 11) is 0. The lowest BCUT2D eigenvalue weighted by Crippen LogP contribution is -2.27. The second-order valence-corrected chi connectivity index (χ2v) is 6.03. The van der Waals surface area contributed by atoms with E-state index in [-0.39, 0.29) is 17.2 Å². The molecule has 0 aliphatic heterocycles. The highest BCUT2D eigenvalue weighted by Crippen LogP contribution is 2.21. The molecule has 0 unspecified atom stereocenters. The average molecular weight is 336 g/mol. The van der Waals surface area contributed by atoms with Crippen molar-refractivity contribution >= 4 is 17.7 Å². The van der Waals surface area contributed by atoms with Gasteiger partial charge in [0.15, 0.2) is 17.3 Å². The Hall–Kier alpha value is -2.97. The van der Waals surface area contributed by atoms with Gasteiger partial charge in [-0.25, -0.2) is 23.6 Å². The summed E-state index contributed by atoms with van der Waals surface area (Å²) in [4.78, 5) is 26.6. The highest BCUT2D eigenvalue weighted by molar-refractivity contribution is 5.87. The first-order chi connectivity index (χ1) is 11.1. The topological polar surface area (TPSA) is 106 Å². The number of halogens is 1. The maximum absolute atomic E-state index is 14.6. The van der Waals surface area contributed by atoms with Crippen LogP contribution in [0.25, 0.3) is 5.82 Å². The van der Waals surface area contributed by atoms with Gasteiger partial charge in [-0.15, -0.1) is 0 Å². The molecule has 0 aromatic carbocycles. The highest BCUT2D eigenvalue weighted by atomic mass is 19.1. The average Bonchev–Trinajstić information content (AvgIpc) is 2.81. The van der Waals surface area contributed by atoms with Crippen LogP contribution >= 0.6 is 0 Å². The summed E-state index contributed by atoms with van der Waals surface area (Å²) >= 11 is 0. The number of aromatic carboxylic acids is 1. The lowest BCUT2D eigenvalue weighted by molar-refractivity contribution is 0.0633. The first-order valence-corrected chi connectivity index (χ1v) is 7.03. The minimum atomic E-state index is -1.23. The number of rotatable bonds is 3. The molecule has 0 fully saturated rings. The van der Waals surface area contributed by atoms with Crippen molar-refractivity contribution in [1.29, 1.82) is 0 Å². The van der Waals surface area contributed by atoms with E-state index in [0.29, 0.717) is 5.56 Å². The third-order valence-electron chi connectivity index (χ3n) is 2.82. The van der Waals surface area contributed by atoms with Crippen molar-refractivity contribution in [1.82, 2.24) is 14.8 Å². The molecule has 0 aliphatic carbocycles. The van der Waals surface area contributed by atoms with E-state index in [1.54, 1.807) is 20.8 Å². The highest BCUT2D eigenvalue weighted by Gasteiger charge is 2.21. The maximum Gasteiger partial charge on any atom is 0.412 e. The van der Waals surface area contributed by atoms with Crippen LogP contribution in [-0.2, 0) is 4.74 Å². The number of aromatic nitrogens is 3. The van der Waals surface area contributed by atoms with Gasteiger partial charge in [-0.3, -0.25) is 5.32 Å². The number of amides is 1. The summed E-state index contributed by atoms with van der Waals surface area (Å²) in [5.41, 5.74) is -0.735. The third-order valence-corrected chi connectivity index (χ3v) is 2.82. The van der Waals surface area contributed by atoms with Crippen LogP contribution in [0.5, 0.6) is 0 Å². The summed E-state index contributed by atoms with van der Waals surface area (Å²) in [5, 5.41) is 15.1. The number of hydrogen-bond donors (Lipinski definition) is 2. The summed E-state index contributed by atoms with van der Waals surface area (Å²) in [6, 6.07) is 1.26. The molecule has 2 N–H and O–H groups in total. The number of anilines is 1. The van der Waals surface area contributed by atoms with Gasteiger partial charge in [0, 0.05) is 18.0 Å². The molecule has 0 atom stereocenters. The standard InChI is InChI=1S/C15H17FN4O4/c1-8-7-20(19-11(8)13(21)22)12-10(16)9(5-6-17-12)18-14(23)24-15(2,3)4/h5-7H,1-4H3,(H,21,22)(H,17,18,23). The van der Waals surface area contributed by atoms with Crippen LogP contribution in [0.4, 0.5) is 14.9 Å². The molecule has 0 saturated heterocycles. The summed E-state index contributed by atoms with van der Waals surface area (Å²) in [6.45, 7) is 6.58. The van der Waals surface area contributed by atoms with E-state index in [2.05, 4.69) is 15.4 Å². The predicted octanol–water partition coefficient (Wildman–Crippen LogP) is 2.76. The molecule has 0 bridgehead atoms. The van der Waals surface area contributed by atoms with E-state index in [4.69, 9.17) is 9.84 Å². The largest absolute Gasteiger partial charge is 0.476 e. The number of carboxylic acids is 1. The lowest BCUT2D eigenvalue weighted by Gasteiger charge is -2.20. The monoisotopic (exact) mass is 336 g/mol. The zero-order chi connectivity index (χ0) is 18.1. The zero-order valence-electron chi connectivity index (χ0n) is 13.6. The molecule has 1 amide bonds. The minimum Gasteiger partial charge on any atom is -0.476 e. The molecular formula is C15H17FN4O4. The molecule has 8 nitrogen and oxygen atoms in total. The summed E-state index contributed by atoms with van der Waals surface area (Å²) in [6.07, 6.45) is 1.79. The van der Waals surface area contributed by atoms with Gasteiger partial charge in [0.2, 0.25) is 0 Å². The van der Waals surface area contributed by atoms with E-state index in [9.17, 15) is 14.0 Å². The molecule has 0 saturated carbocycles. The van der Waals surface area contributed by atoms with Crippen LogP contribution < -0.4 is 5.32 Å². The number of carbonyl (C=O) groups is 2. The van der Waals surface area contributed by atoms with Crippen molar-refractivity contribution in [3.63, 3.8) is 0 Å². The maximum atomic E-state index is 14.6. The molecule has 2 heterocycles. The molecule has 0 aliphatic rings. The van der Waals surface area contributed by atoms with Crippen molar-refractivity contribution in [2.45, 2.75) is 33.3 Å². The fraction of sp³-hybridized carbons (Fsp3) is 0.333. The molecule has 2 aromatic rings. The Morgan fingerprint density at radius 1 is 1.38 bits per heavy atom. The Kier molecular flexibility index (Phi) is 4.54. The Morgan fingerprint density at radius 2 is 2.04 bits per heavy atom. The Balaban J connectivity index is 2.33. The predicted molar refractivity (Wildman–Crippen MR) is 82.9 cm³/mol. The fourth-order valence-electron chi connectivity index (χ4n) is 1.88. The van der Waals surface area contributed by atoms with Crippen LogP contribution in [0.1, 0.15) is 36.8 Å². The van der Waals surface area contributed by atoms with Crippen LogP contribution in [0.3, 0.4) is 0 Å². The first kappa shape index (κ1) is 17.4. The smallest absolute Gasteiger partial charge is 0.412 e. The Labute approximate surface area is 137 Å². The van der Waals surface area contributed by atoms with Gasteiger partial charge in [0.1, 0.15) is 5.60 Å². The van der Waals surface area contributed by atoms with Crippen LogP contribution in [-0.4, -0.2) is 37.5 Å². The fourth-order valence-corrected chi connectivity index (χ4v) is 1.88. The van der Waals surface area contributed by atoms with Crippen molar-refractivity contribution in [3.05, 3.63) is 35.5 Å². The number of hydrogen-bond acceptors (Lipinski definition) is 5. The third kappa shape index (κ3) is 3.86. The summed E-state index contributed by atoms with van der Waals surface area (Å²) < 4.78 is 20.6. The van der Waals surface area contributed by atoms with E-state index < -0.39 is 23.5 Å². The van der Waals surface area contributed by atoms with Crippen molar-refractivity contribution in [2.24, 2.45) is 0 Å². The number of carbonyl (C=O) groups excluding carboxylic acids is 1. The van der Waals surface area contributed by atoms with Crippen LogP contribution in [0.15, 0.2) is 18.5 Å². The molecule has 0 spiro atoms. The van der Waals surface area contributed by atoms with Gasteiger partial charge < -0.3 is 9.84 Å². The van der Waals surface area contributed by atoms with E-state index in [1.165, 1.54) is 25.4 Å². The van der Waals surface area contributed by atoms with Crippen molar-refractivity contribution in [2.75, 3.05) is 5.32 Å². The number of aryl methyl sites for hydroxylation is 1. The normalized spacial score (nSPS) is 11.2. The van der Waals surface area contributed by atoms with Gasteiger partial charge in [-0.2, -0.15) is 5.10 Å². The second-order valence-electron chi connectivity index (χ2n) is 6.03. The van der Waals surface area contributed by atoms with Crippen LogP contribution in [0, 0.1) is 12.7 Å². The zero-order valence-corrected chi connectivity index (χ0v) is 13.6. The van der Waals surface area contributed by atoms with Crippen molar-refractivity contribution in [3.8, 4) is 5.82 Å². The molecule has 24 heavy (non-hydrogen) atoms. The van der Waals surface area contributed by atoms with E-state index in [1.807, 2.05) is 0 Å². The molecule has 0 radical (unpaired) electrons. The minimum absolute atomic E-state index is 0.153.